The number of hydrogen-bond donors (Lipinski definition) is 3. The average Bonchev–Trinajstić information content (AvgIpc) is 3.75. The Bertz CT molecular complexity index is 1250. The number of ether oxygens (including phenoxy) is 8. The van der Waals surface area contributed by atoms with Crippen LogP contribution in [0.3, 0.4) is 0 Å². The van der Waals surface area contributed by atoms with Crippen molar-refractivity contribution in [3.8, 4) is 0 Å². The zero-order valence-electron chi connectivity index (χ0n) is 31.4. The highest BCUT2D eigenvalue weighted by Crippen LogP contribution is 2.40. The maximum Gasteiger partial charge on any atom is 0.338 e. The normalized spacial score (nSPS) is 30.2. The summed E-state index contributed by atoms with van der Waals surface area (Å²) >= 11 is 0. The van der Waals surface area contributed by atoms with Crippen LogP contribution in [-0.4, -0.2) is 99.0 Å². The predicted molar refractivity (Wildman–Crippen MR) is 190 cm³/mol. The standard InChI is InChI=1S/C38H61N3O10/c1-7-9-10-11-12-13-14-15-16-17-22-45-30-28(47-35-32(30)49-38(5,6)51-35)24-39-23-27-29(31-34(46-27)50-37(3,4)48-31)41-36(43)40-26-20-18-25(19-21-26)33(42)44-8-2/h18-21,27-32,34-35,39H,7-17,22-24H2,1-6H3,(H2,40,41,43). The fraction of sp³-hybridized carbons (Fsp3) is 0.789. The van der Waals surface area contributed by atoms with Crippen molar-refractivity contribution < 1.29 is 47.5 Å². The van der Waals surface area contributed by atoms with Gasteiger partial charge in [0.2, 0.25) is 0 Å². The molecule has 0 bridgehead atoms. The minimum absolute atomic E-state index is 0.283. The van der Waals surface area contributed by atoms with E-state index < -0.39 is 54.4 Å². The van der Waals surface area contributed by atoms with E-state index in [0.717, 1.165) is 12.8 Å². The summed E-state index contributed by atoms with van der Waals surface area (Å²) in [6, 6.07) is 5.57. The molecular formula is C38H61N3O10. The van der Waals surface area contributed by atoms with Gasteiger partial charge in [-0.05, 0) is 65.3 Å². The fourth-order valence-electron chi connectivity index (χ4n) is 7.24. The van der Waals surface area contributed by atoms with E-state index in [0.29, 0.717) is 30.9 Å². The smallest absolute Gasteiger partial charge is 0.338 e. The number of carbonyl (C=O) groups is 2. The van der Waals surface area contributed by atoms with Crippen molar-refractivity contribution in [1.29, 1.82) is 0 Å². The number of benzene rings is 1. The van der Waals surface area contributed by atoms with Gasteiger partial charge in [0.05, 0.1) is 24.3 Å². The van der Waals surface area contributed by atoms with E-state index in [1.54, 1.807) is 31.2 Å². The van der Waals surface area contributed by atoms with Crippen LogP contribution in [0.4, 0.5) is 10.5 Å². The third-order valence-corrected chi connectivity index (χ3v) is 9.69. The lowest BCUT2D eigenvalue weighted by molar-refractivity contribution is -0.218. The molecule has 3 N–H and O–H groups in total. The average molecular weight is 720 g/mol. The number of urea groups is 1. The second-order valence-electron chi connectivity index (χ2n) is 14.9. The van der Waals surface area contributed by atoms with Gasteiger partial charge in [0.1, 0.15) is 24.4 Å². The van der Waals surface area contributed by atoms with E-state index in [2.05, 4.69) is 22.9 Å². The minimum Gasteiger partial charge on any atom is -0.462 e. The summed E-state index contributed by atoms with van der Waals surface area (Å²) in [6.45, 7) is 13.2. The molecule has 0 saturated carbocycles. The monoisotopic (exact) mass is 719 g/mol. The molecule has 0 aromatic heterocycles. The largest absolute Gasteiger partial charge is 0.462 e. The second kappa shape index (κ2) is 18.6. The molecule has 4 fully saturated rings. The molecular weight excluding hydrogens is 658 g/mol. The first kappa shape index (κ1) is 39.8. The van der Waals surface area contributed by atoms with Crippen LogP contribution in [0.25, 0.3) is 0 Å². The van der Waals surface area contributed by atoms with Crippen LogP contribution in [0.15, 0.2) is 24.3 Å². The molecule has 4 aliphatic rings. The first-order valence-corrected chi connectivity index (χ1v) is 19.2. The number of rotatable bonds is 20. The molecule has 5 rings (SSSR count). The number of fused-ring (bicyclic) bond motifs is 2. The Hall–Kier alpha value is -2.36. The van der Waals surface area contributed by atoms with Gasteiger partial charge in [0, 0.05) is 25.4 Å². The number of hydrogen-bond acceptors (Lipinski definition) is 11. The van der Waals surface area contributed by atoms with Crippen molar-refractivity contribution in [2.45, 2.75) is 166 Å². The first-order valence-electron chi connectivity index (χ1n) is 19.2. The van der Waals surface area contributed by atoms with Gasteiger partial charge in [0.25, 0.3) is 0 Å². The van der Waals surface area contributed by atoms with Crippen molar-refractivity contribution in [3.63, 3.8) is 0 Å². The molecule has 8 unspecified atom stereocenters. The van der Waals surface area contributed by atoms with Gasteiger partial charge in [-0.15, -0.1) is 0 Å². The Morgan fingerprint density at radius 1 is 0.725 bits per heavy atom. The third kappa shape index (κ3) is 11.3. The molecule has 1 aromatic rings. The zero-order chi connectivity index (χ0) is 36.4. The number of anilines is 1. The summed E-state index contributed by atoms with van der Waals surface area (Å²) < 4.78 is 48.5. The van der Waals surface area contributed by atoms with Crippen molar-refractivity contribution in [3.05, 3.63) is 29.8 Å². The highest BCUT2D eigenvalue weighted by Gasteiger charge is 2.57. The van der Waals surface area contributed by atoms with Crippen LogP contribution in [0.2, 0.25) is 0 Å². The molecule has 2 amide bonds. The molecule has 288 valence electrons. The summed E-state index contributed by atoms with van der Waals surface area (Å²) in [5.41, 5.74) is 0.929. The Morgan fingerprint density at radius 2 is 1.29 bits per heavy atom. The highest BCUT2D eigenvalue weighted by molar-refractivity contribution is 5.92. The molecule has 4 saturated heterocycles. The molecule has 0 radical (unpaired) electrons. The van der Waals surface area contributed by atoms with Crippen molar-refractivity contribution in [1.82, 2.24) is 10.6 Å². The van der Waals surface area contributed by atoms with Crippen molar-refractivity contribution in [2.75, 3.05) is 31.6 Å². The molecule has 0 aliphatic carbocycles. The molecule has 8 atom stereocenters. The molecule has 4 aliphatic heterocycles. The van der Waals surface area contributed by atoms with Crippen molar-refractivity contribution >= 4 is 17.7 Å². The van der Waals surface area contributed by atoms with E-state index in [-0.39, 0.29) is 24.9 Å². The Balaban J connectivity index is 1.10. The molecule has 1 aromatic carbocycles. The lowest BCUT2D eigenvalue weighted by Crippen LogP contribution is -2.53. The predicted octanol–water partition coefficient (Wildman–Crippen LogP) is 6.00. The van der Waals surface area contributed by atoms with Crippen LogP contribution >= 0.6 is 0 Å². The number of esters is 1. The Kier molecular flexibility index (Phi) is 14.5. The summed E-state index contributed by atoms with van der Waals surface area (Å²) in [4.78, 5) is 25.2. The number of carbonyl (C=O) groups excluding carboxylic acids is 2. The van der Waals surface area contributed by atoms with E-state index in [4.69, 9.17) is 37.9 Å². The highest BCUT2D eigenvalue weighted by atomic mass is 16.8. The van der Waals surface area contributed by atoms with Gasteiger partial charge in [-0.1, -0.05) is 64.7 Å². The maximum absolute atomic E-state index is 13.2. The summed E-state index contributed by atoms with van der Waals surface area (Å²) in [5, 5.41) is 9.34. The Morgan fingerprint density at radius 3 is 1.94 bits per heavy atom. The maximum atomic E-state index is 13.2. The van der Waals surface area contributed by atoms with Gasteiger partial charge in [-0.3, -0.25) is 0 Å². The third-order valence-electron chi connectivity index (χ3n) is 9.69. The zero-order valence-corrected chi connectivity index (χ0v) is 31.4. The second-order valence-corrected chi connectivity index (χ2v) is 14.9. The number of nitrogens with one attached hydrogen (secondary N) is 3. The molecule has 4 heterocycles. The van der Waals surface area contributed by atoms with Crippen molar-refractivity contribution in [2.24, 2.45) is 0 Å². The quantitative estimate of drug-likeness (QED) is 0.108. The van der Waals surface area contributed by atoms with Gasteiger partial charge < -0.3 is 53.8 Å². The lowest BCUT2D eigenvalue weighted by Gasteiger charge is -2.28. The number of amides is 2. The molecule has 51 heavy (non-hydrogen) atoms. The fourth-order valence-corrected chi connectivity index (χ4v) is 7.24. The van der Waals surface area contributed by atoms with Gasteiger partial charge in [-0.2, -0.15) is 0 Å². The first-order chi connectivity index (χ1) is 24.5. The van der Waals surface area contributed by atoms with Gasteiger partial charge in [0.15, 0.2) is 24.2 Å². The summed E-state index contributed by atoms with van der Waals surface area (Å²) in [5.74, 6) is -2.01. The number of unbranched alkanes of at least 4 members (excludes halogenated alkanes) is 9. The van der Waals surface area contributed by atoms with Crippen LogP contribution in [0, 0.1) is 0 Å². The topological polar surface area (TPSA) is 144 Å². The molecule has 0 spiro atoms. The van der Waals surface area contributed by atoms with E-state index >= 15 is 0 Å². The van der Waals surface area contributed by atoms with Gasteiger partial charge in [-0.25, -0.2) is 9.59 Å². The SMILES string of the molecule is CCCCCCCCCCCCOC1C(CNCC2OC3OC(C)(C)OC3C2NC(=O)Nc2ccc(C(=O)OCC)cc2)OC2OC(C)(C)OC21. The van der Waals surface area contributed by atoms with E-state index in [1.165, 1.54) is 51.4 Å². The summed E-state index contributed by atoms with van der Waals surface area (Å²) in [6.07, 6.45) is 9.66. The lowest BCUT2D eigenvalue weighted by atomic mass is 10.1. The summed E-state index contributed by atoms with van der Waals surface area (Å²) in [7, 11) is 0. The van der Waals surface area contributed by atoms with E-state index in [9.17, 15) is 9.59 Å². The molecule has 13 nitrogen and oxygen atoms in total. The van der Waals surface area contributed by atoms with Crippen LogP contribution in [-0.2, 0) is 37.9 Å². The minimum atomic E-state index is -0.852. The van der Waals surface area contributed by atoms with Gasteiger partial charge >= 0.3 is 12.0 Å². The molecule has 13 heteroatoms. The van der Waals surface area contributed by atoms with Crippen LogP contribution in [0.5, 0.6) is 0 Å². The van der Waals surface area contributed by atoms with Crippen LogP contribution < -0.4 is 16.0 Å². The van der Waals surface area contributed by atoms with E-state index in [1.807, 2.05) is 27.7 Å². The van der Waals surface area contributed by atoms with Crippen LogP contribution in [0.1, 0.15) is 116 Å². The Labute approximate surface area is 303 Å².